The molecule has 0 aliphatic heterocycles. The zero-order valence-electron chi connectivity index (χ0n) is 4.80. The summed E-state index contributed by atoms with van der Waals surface area (Å²) in [5.41, 5.74) is 0. The molecule has 0 aliphatic rings. The number of alkyl halides is 1. The Morgan fingerprint density at radius 1 is 1.00 bits per heavy atom. The van der Waals surface area contributed by atoms with Crippen LogP contribution in [0.3, 0.4) is 0 Å². The van der Waals surface area contributed by atoms with Crippen molar-refractivity contribution in [2.45, 2.75) is 6.42 Å². The second kappa shape index (κ2) is 1.91. The van der Waals surface area contributed by atoms with Crippen molar-refractivity contribution in [3.63, 3.8) is 0 Å². The van der Waals surface area contributed by atoms with E-state index < -0.39 is 28.3 Å². The predicted molar refractivity (Wildman–Crippen MR) is 33.3 cm³/mol. The number of halogens is 6. The first-order chi connectivity index (χ1) is 4.04. The molecular formula is C3H6ClF5S. The highest BCUT2D eigenvalue weighted by molar-refractivity contribution is 8.45. The van der Waals surface area contributed by atoms with Crippen molar-refractivity contribution in [1.82, 2.24) is 0 Å². The minimum Gasteiger partial charge on any atom is -0.127 e. The van der Waals surface area contributed by atoms with Gasteiger partial charge in [-0.15, -0.1) is 11.6 Å². The predicted octanol–water partition coefficient (Wildman–Crippen LogP) is 3.91. The van der Waals surface area contributed by atoms with E-state index in [1.165, 1.54) is 0 Å². The molecule has 66 valence electrons. The Hall–Kier alpha value is 0.290. The topological polar surface area (TPSA) is 0 Å². The van der Waals surface area contributed by atoms with E-state index >= 15 is 0 Å². The number of rotatable bonds is 3. The first kappa shape index (κ1) is 10.3. The second-order valence-electron chi connectivity index (χ2n) is 1.88. The Kier molecular flexibility index (Phi) is 1.96. The molecule has 0 fully saturated rings. The van der Waals surface area contributed by atoms with Gasteiger partial charge in [0.2, 0.25) is 0 Å². The van der Waals surface area contributed by atoms with Crippen LogP contribution in [-0.2, 0) is 0 Å². The van der Waals surface area contributed by atoms with Gasteiger partial charge in [0.05, 0.1) is 5.75 Å². The summed E-state index contributed by atoms with van der Waals surface area (Å²) in [6.07, 6.45) is -0.723. The molecule has 0 amide bonds. The van der Waals surface area contributed by atoms with Gasteiger partial charge in [0.1, 0.15) is 0 Å². The first-order valence-electron chi connectivity index (χ1n) is 2.33. The van der Waals surface area contributed by atoms with E-state index in [-0.39, 0.29) is 0 Å². The zero-order chi connectivity index (χ0) is 8.53. The van der Waals surface area contributed by atoms with Crippen LogP contribution >= 0.6 is 21.8 Å². The third-order valence-electron chi connectivity index (χ3n) is 0.664. The summed E-state index contributed by atoms with van der Waals surface area (Å²) in [5.74, 6) is -2.45. The molecular weight excluding hydrogens is 199 g/mol. The molecule has 0 unspecified atom stereocenters. The van der Waals surface area contributed by atoms with Crippen molar-refractivity contribution in [1.29, 1.82) is 0 Å². The van der Waals surface area contributed by atoms with Crippen LogP contribution in [-0.4, -0.2) is 11.6 Å². The average molecular weight is 205 g/mol. The van der Waals surface area contributed by atoms with Crippen LogP contribution < -0.4 is 0 Å². The summed E-state index contributed by atoms with van der Waals surface area (Å²) in [7, 11) is -9.14. The Morgan fingerprint density at radius 3 is 1.50 bits per heavy atom. The highest BCUT2D eigenvalue weighted by atomic mass is 35.5. The molecule has 0 spiro atoms. The molecule has 0 radical (unpaired) electrons. The lowest BCUT2D eigenvalue weighted by atomic mass is 10.6. The maximum absolute atomic E-state index is 11.3. The van der Waals surface area contributed by atoms with Crippen LogP contribution in [0.1, 0.15) is 6.42 Å². The van der Waals surface area contributed by atoms with Crippen molar-refractivity contribution in [3.8, 4) is 0 Å². The Bertz CT molecular complexity index is 122. The lowest BCUT2D eigenvalue weighted by molar-refractivity contribution is 0.363. The van der Waals surface area contributed by atoms with Crippen LogP contribution in [0.4, 0.5) is 19.4 Å². The molecule has 7 heteroatoms. The number of hydrogen-bond acceptors (Lipinski definition) is 0. The zero-order valence-corrected chi connectivity index (χ0v) is 6.37. The van der Waals surface area contributed by atoms with Gasteiger partial charge in [-0.05, 0) is 6.42 Å². The van der Waals surface area contributed by atoms with Gasteiger partial charge in [-0.25, -0.2) is 0 Å². The lowest BCUT2D eigenvalue weighted by Gasteiger charge is -2.40. The van der Waals surface area contributed by atoms with E-state index in [1.807, 2.05) is 0 Å². The van der Waals surface area contributed by atoms with Crippen LogP contribution in [0.15, 0.2) is 0 Å². The van der Waals surface area contributed by atoms with Gasteiger partial charge in [0.25, 0.3) is 10.2 Å². The third kappa shape index (κ3) is 8.29. The van der Waals surface area contributed by atoms with Crippen molar-refractivity contribution in [2.75, 3.05) is 11.6 Å². The van der Waals surface area contributed by atoms with Crippen LogP contribution in [0.2, 0.25) is 0 Å². The second-order valence-corrected chi connectivity index (χ2v) is 4.92. The molecule has 0 bridgehead atoms. The van der Waals surface area contributed by atoms with Gasteiger partial charge in [0.15, 0.2) is 0 Å². The highest BCUT2D eigenvalue weighted by Crippen LogP contribution is 2.97. The van der Waals surface area contributed by atoms with Gasteiger partial charge < -0.3 is 0 Å². The van der Waals surface area contributed by atoms with E-state index in [0.29, 0.717) is 0 Å². The van der Waals surface area contributed by atoms with E-state index in [1.54, 1.807) is 0 Å². The minimum atomic E-state index is -9.14. The SMILES string of the molecule is FS(F)(F)(F)(F)CCCCl. The first-order valence-corrected chi connectivity index (χ1v) is 4.98. The molecule has 0 aromatic heterocycles. The van der Waals surface area contributed by atoms with Crippen molar-refractivity contribution < 1.29 is 19.4 Å². The average Bonchev–Trinajstić information content (AvgIpc) is 1.55. The summed E-state index contributed by atoms with van der Waals surface area (Å²) < 4.78 is 56.7. The molecule has 0 aliphatic carbocycles. The maximum Gasteiger partial charge on any atom is 0.285 e. The fourth-order valence-corrected chi connectivity index (χ4v) is 1.31. The van der Waals surface area contributed by atoms with E-state index in [9.17, 15) is 19.4 Å². The standard InChI is InChI=1S/C3H6ClF5S/c4-2-1-3-10(5,6,7,8)9/h1-3H2. The Morgan fingerprint density at radius 2 is 1.40 bits per heavy atom. The van der Waals surface area contributed by atoms with E-state index in [2.05, 4.69) is 0 Å². The van der Waals surface area contributed by atoms with Crippen LogP contribution in [0, 0.1) is 0 Å². The van der Waals surface area contributed by atoms with E-state index in [4.69, 9.17) is 11.6 Å². The van der Waals surface area contributed by atoms with E-state index in [0.717, 1.165) is 0 Å². The molecule has 0 aromatic carbocycles. The molecule has 0 N–H and O–H groups in total. The summed E-state index contributed by atoms with van der Waals surface area (Å²) in [6.45, 7) is 0. The monoisotopic (exact) mass is 204 g/mol. The summed E-state index contributed by atoms with van der Waals surface area (Å²) in [6, 6.07) is 0. The lowest BCUT2D eigenvalue weighted by Crippen LogP contribution is -2.11. The van der Waals surface area contributed by atoms with Crippen molar-refractivity contribution >= 4 is 21.8 Å². The van der Waals surface area contributed by atoms with Crippen LogP contribution in [0.5, 0.6) is 0 Å². The maximum atomic E-state index is 11.3. The highest BCUT2D eigenvalue weighted by Gasteiger charge is 2.62. The minimum absolute atomic E-state index is 0.397. The summed E-state index contributed by atoms with van der Waals surface area (Å²) in [5, 5.41) is 0. The molecule has 0 saturated heterocycles. The molecule has 0 aromatic rings. The fourth-order valence-electron chi connectivity index (χ4n) is 0.327. The molecule has 0 saturated carbocycles. The van der Waals surface area contributed by atoms with Gasteiger partial charge >= 0.3 is 0 Å². The Balaban J connectivity index is 4.13. The van der Waals surface area contributed by atoms with Gasteiger partial charge in [-0.3, -0.25) is 0 Å². The summed E-state index contributed by atoms with van der Waals surface area (Å²) >= 11 is 4.82. The smallest absolute Gasteiger partial charge is 0.127 e. The summed E-state index contributed by atoms with van der Waals surface area (Å²) in [4.78, 5) is 0. The van der Waals surface area contributed by atoms with Crippen molar-refractivity contribution in [2.24, 2.45) is 0 Å². The third-order valence-corrected chi connectivity index (χ3v) is 1.99. The normalized spacial score (nSPS) is 19.8. The van der Waals surface area contributed by atoms with Gasteiger partial charge in [-0.1, -0.05) is 19.4 Å². The Labute approximate surface area is 60.1 Å². The van der Waals surface area contributed by atoms with Crippen molar-refractivity contribution in [3.05, 3.63) is 0 Å². The van der Waals surface area contributed by atoms with Gasteiger partial charge in [-0.2, -0.15) is 0 Å². The quantitative estimate of drug-likeness (QED) is 0.483. The van der Waals surface area contributed by atoms with Gasteiger partial charge in [0, 0.05) is 5.88 Å². The molecule has 0 nitrogen and oxygen atoms in total. The molecule has 10 heavy (non-hydrogen) atoms. The fraction of sp³-hybridized carbons (Fsp3) is 1.00. The molecule has 0 atom stereocenters. The largest absolute Gasteiger partial charge is 0.285 e. The number of hydrogen-bond donors (Lipinski definition) is 0. The molecule has 0 heterocycles. The van der Waals surface area contributed by atoms with Crippen LogP contribution in [0.25, 0.3) is 0 Å². The molecule has 0 rings (SSSR count).